The minimum atomic E-state index is -0.708. The number of fused-ring (bicyclic) bond motifs is 1. The van der Waals surface area contributed by atoms with Gasteiger partial charge in [-0.05, 0) is 37.8 Å². The molecule has 1 saturated carbocycles. The summed E-state index contributed by atoms with van der Waals surface area (Å²) in [6.45, 7) is 1.06. The van der Waals surface area contributed by atoms with Crippen molar-refractivity contribution < 1.29 is 4.79 Å². The third-order valence-electron chi connectivity index (χ3n) is 5.55. The molecule has 4 rings (SSSR count). The van der Waals surface area contributed by atoms with Gasteiger partial charge in [0.25, 0.3) is 0 Å². The molecule has 0 saturated heterocycles. The van der Waals surface area contributed by atoms with E-state index >= 15 is 0 Å². The fraction of sp³-hybridized carbons (Fsp3) is 0.500. The zero-order valence-corrected chi connectivity index (χ0v) is 14.6. The van der Waals surface area contributed by atoms with E-state index in [-0.39, 0.29) is 5.91 Å². The molecule has 1 aromatic carbocycles. The summed E-state index contributed by atoms with van der Waals surface area (Å²) in [6.07, 6.45) is 10.5. The molecule has 5 nitrogen and oxygen atoms in total. The first-order valence-corrected chi connectivity index (χ1v) is 9.41. The number of anilines is 1. The minimum Gasteiger partial charge on any atom is -0.334 e. The molecule has 1 amide bonds. The highest BCUT2D eigenvalue weighted by atomic mass is 16.2. The van der Waals surface area contributed by atoms with Gasteiger partial charge in [-0.1, -0.05) is 31.4 Å². The maximum atomic E-state index is 12.5. The quantitative estimate of drug-likeness (QED) is 0.900. The predicted molar refractivity (Wildman–Crippen MR) is 99.2 cm³/mol. The molecule has 3 N–H and O–H groups in total. The number of carbonyl (C=O) groups excluding carboxylic acids is 1. The highest BCUT2D eigenvalue weighted by Crippen LogP contribution is 2.28. The lowest BCUT2D eigenvalue weighted by Crippen LogP contribution is -2.52. The van der Waals surface area contributed by atoms with Crippen LogP contribution in [-0.2, 0) is 17.8 Å². The molecule has 1 aromatic heterocycles. The molecule has 2 aliphatic rings. The van der Waals surface area contributed by atoms with Gasteiger partial charge in [0.05, 0.1) is 11.2 Å². The number of nitrogens with zero attached hydrogens (tertiary/aromatic N) is 2. The number of imidazole rings is 1. The van der Waals surface area contributed by atoms with Crippen molar-refractivity contribution in [1.82, 2.24) is 9.55 Å². The third-order valence-corrected chi connectivity index (χ3v) is 5.55. The average molecular weight is 338 g/mol. The summed E-state index contributed by atoms with van der Waals surface area (Å²) in [5, 5.41) is 2.99. The van der Waals surface area contributed by atoms with Gasteiger partial charge in [-0.15, -0.1) is 0 Å². The largest absolute Gasteiger partial charge is 0.334 e. The number of aromatic nitrogens is 2. The van der Waals surface area contributed by atoms with E-state index in [0.717, 1.165) is 55.6 Å². The Bertz CT molecular complexity index is 733. The first-order chi connectivity index (χ1) is 12.1. The van der Waals surface area contributed by atoms with Gasteiger partial charge in [-0.25, -0.2) is 4.98 Å². The van der Waals surface area contributed by atoms with Gasteiger partial charge in [-0.2, -0.15) is 0 Å². The molecular weight excluding hydrogens is 312 g/mol. The van der Waals surface area contributed by atoms with Gasteiger partial charge in [0.2, 0.25) is 5.91 Å². The SMILES string of the molecule is NC1(C(=O)Nc2ccc(-c3cn4c(n3)CCCC4)cc2)CCCCC1. The highest BCUT2D eigenvalue weighted by molar-refractivity contribution is 5.98. The maximum Gasteiger partial charge on any atom is 0.244 e. The van der Waals surface area contributed by atoms with Crippen LogP contribution in [0.25, 0.3) is 11.3 Å². The molecule has 0 atom stereocenters. The first-order valence-electron chi connectivity index (χ1n) is 9.41. The molecule has 5 heteroatoms. The Morgan fingerprint density at radius 3 is 2.56 bits per heavy atom. The van der Waals surface area contributed by atoms with Crippen LogP contribution in [0, 0.1) is 0 Å². The van der Waals surface area contributed by atoms with Gasteiger partial charge >= 0.3 is 0 Å². The predicted octanol–water partition coefficient (Wildman–Crippen LogP) is 3.49. The molecule has 0 radical (unpaired) electrons. The van der Waals surface area contributed by atoms with Crippen molar-refractivity contribution in [3.8, 4) is 11.3 Å². The topological polar surface area (TPSA) is 72.9 Å². The molecule has 1 aliphatic heterocycles. The highest BCUT2D eigenvalue weighted by Gasteiger charge is 2.35. The van der Waals surface area contributed by atoms with Gasteiger partial charge in [-0.3, -0.25) is 4.79 Å². The van der Waals surface area contributed by atoms with Crippen LogP contribution in [0.4, 0.5) is 5.69 Å². The van der Waals surface area contributed by atoms with Gasteiger partial charge < -0.3 is 15.6 Å². The molecule has 132 valence electrons. The van der Waals surface area contributed by atoms with Crippen molar-refractivity contribution in [2.24, 2.45) is 5.73 Å². The molecule has 1 fully saturated rings. The lowest BCUT2D eigenvalue weighted by Gasteiger charge is -2.31. The van der Waals surface area contributed by atoms with Crippen LogP contribution in [0.5, 0.6) is 0 Å². The Morgan fingerprint density at radius 1 is 1.08 bits per heavy atom. The lowest BCUT2D eigenvalue weighted by atomic mass is 9.82. The lowest BCUT2D eigenvalue weighted by molar-refractivity contribution is -0.122. The number of nitrogens with one attached hydrogen (secondary N) is 1. The molecule has 1 aliphatic carbocycles. The molecule has 2 heterocycles. The summed E-state index contributed by atoms with van der Waals surface area (Å²) in [5.41, 5.74) is 8.49. The summed E-state index contributed by atoms with van der Waals surface area (Å²) >= 11 is 0. The van der Waals surface area contributed by atoms with E-state index in [1.54, 1.807) is 0 Å². The second-order valence-corrected chi connectivity index (χ2v) is 7.44. The van der Waals surface area contributed by atoms with E-state index in [1.165, 1.54) is 25.1 Å². The smallest absolute Gasteiger partial charge is 0.244 e. The van der Waals surface area contributed by atoms with Crippen molar-refractivity contribution in [3.05, 3.63) is 36.3 Å². The average Bonchev–Trinajstić information content (AvgIpc) is 3.07. The summed E-state index contributed by atoms with van der Waals surface area (Å²) in [6, 6.07) is 7.93. The molecule has 0 bridgehead atoms. The van der Waals surface area contributed by atoms with Crippen LogP contribution in [0.2, 0.25) is 0 Å². The number of aryl methyl sites for hydroxylation is 2. The number of carbonyl (C=O) groups is 1. The normalized spacial score (nSPS) is 19.2. The maximum absolute atomic E-state index is 12.5. The number of amides is 1. The fourth-order valence-electron chi connectivity index (χ4n) is 3.94. The van der Waals surface area contributed by atoms with E-state index in [0.29, 0.717) is 0 Å². The molecule has 2 aromatic rings. The number of rotatable bonds is 3. The van der Waals surface area contributed by atoms with E-state index in [1.807, 2.05) is 24.3 Å². The summed E-state index contributed by atoms with van der Waals surface area (Å²) in [7, 11) is 0. The summed E-state index contributed by atoms with van der Waals surface area (Å²) in [4.78, 5) is 17.3. The van der Waals surface area contributed by atoms with Gasteiger partial charge in [0.15, 0.2) is 0 Å². The zero-order valence-electron chi connectivity index (χ0n) is 14.6. The van der Waals surface area contributed by atoms with E-state index in [4.69, 9.17) is 10.7 Å². The standard InChI is InChI=1S/C20H26N4O/c21-20(11-3-1-4-12-20)19(25)22-16-9-7-15(8-10-16)17-14-24-13-5-2-6-18(24)23-17/h7-10,14H,1-6,11-13,21H2,(H,22,25). The van der Waals surface area contributed by atoms with Crippen molar-refractivity contribution in [1.29, 1.82) is 0 Å². The minimum absolute atomic E-state index is 0.0580. The van der Waals surface area contributed by atoms with Crippen molar-refractivity contribution >= 4 is 11.6 Å². The van der Waals surface area contributed by atoms with Crippen LogP contribution < -0.4 is 11.1 Å². The Balaban J connectivity index is 1.46. The van der Waals surface area contributed by atoms with Crippen LogP contribution >= 0.6 is 0 Å². The van der Waals surface area contributed by atoms with Crippen molar-refractivity contribution in [3.63, 3.8) is 0 Å². The van der Waals surface area contributed by atoms with Crippen LogP contribution in [0.1, 0.15) is 50.8 Å². The fourth-order valence-corrected chi connectivity index (χ4v) is 3.94. The molecule has 0 spiro atoms. The Kier molecular flexibility index (Phi) is 4.34. The monoisotopic (exact) mass is 338 g/mol. The Labute approximate surface area is 148 Å². The van der Waals surface area contributed by atoms with Crippen molar-refractivity contribution in [2.45, 2.75) is 63.5 Å². The van der Waals surface area contributed by atoms with E-state index in [2.05, 4.69) is 16.1 Å². The molecule has 25 heavy (non-hydrogen) atoms. The van der Waals surface area contributed by atoms with Crippen molar-refractivity contribution in [2.75, 3.05) is 5.32 Å². The Hall–Kier alpha value is -2.14. The number of hydrogen-bond donors (Lipinski definition) is 2. The Morgan fingerprint density at radius 2 is 1.84 bits per heavy atom. The van der Waals surface area contributed by atoms with E-state index in [9.17, 15) is 4.79 Å². The number of benzene rings is 1. The molecule has 0 unspecified atom stereocenters. The van der Waals surface area contributed by atoms with E-state index < -0.39 is 5.54 Å². The zero-order chi connectivity index (χ0) is 17.3. The van der Waals surface area contributed by atoms with Gasteiger partial charge in [0.1, 0.15) is 5.82 Å². The number of hydrogen-bond acceptors (Lipinski definition) is 3. The van der Waals surface area contributed by atoms with Crippen LogP contribution in [0.3, 0.4) is 0 Å². The number of nitrogens with two attached hydrogens (primary N) is 1. The van der Waals surface area contributed by atoms with Gasteiger partial charge in [0, 0.05) is 30.4 Å². The summed E-state index contributed by atoms with van der Waals surface area (Å²) < 4.78 is 2.26. The first kappa shape index (κ1) is 16.3. The van der Waals surface area contributed by atoms with Crippen LogP contribution in [0.15, 0.2) is 30.5 Å². The second-order valence-electron chi connectivity index (χ2n) is 7.44. The van der Waals surface area contributed by atoms with Crippen LogP contribution in [-0.4, -0.2) is 21.0 Å². The molecular formula is C20H26N4O. The second kappa shape index (κ2) is 6.64. The summed E-state index contributed by atoms with van der Waals surface area (Å²) in [5.74, 6) is 1.12. The third kappa shape index (κ3) is 3.33.